The van der Waals surface area contributed by atoms with Crippen molar-refractivity contribution in [1.82, 2.24) is 0 Å². The number of unbranched alkanes of at least 4 members (excludes halogenated alkanes) is 2. The molecule has 1 saturated heterocycles. The van der Waals surface area contributed by atoms with Gasteiger partial charge < -0.3 is 4.74 Å². The summed E-state index contributed by atoms with van der Waals surface area (Å²) in [5, 5.41) is 0. The van der Waals surface area contributed by atoms with Gasteiger partial charge in [0.15, 0.2) is 0 Å². The predicted molar refractivity (Wildman–Crippen MR) is 87.2 cm³/mol. The van der Waals surface area contributed by atoms with Crippen molar-refractivity contribution in [1.29, 1.82) is 0 Å². The fourth-order valence-corrected chi connectivity index (χ4v) is 6.69. The molecule has 0 aromatic carbocycles. The number of ether oxygens (including phenoxy) is 1. The Morgan fingerprint density at radius 1 is 0.810 bits per heavy atom. The minimum atomic E-state index is 0.584. The van der Waals surface area contributed by atoms with Crippen molar-refractivity contribution in [3.8, 4) is 0 Å². The molecule has 0 unspecified atom stereocenters. The molecule has 0 aromatic heterocycles. The molecule has 0 aromatic rings. The van der Waals surface area contributed by atoms with Gasteiger partial charge >= 0.3 is 0 Å². The molecule has 1 heterocycles. The highest BCUT2D eigenvalue weighted by molar-refractivity contribution is 5.01. The second kappa shape index (κ2) is 5.55. The van der Waals surface area contributed by atoms with E-state index in [0.717, 1.165) is 36.4 Å². The van der Waals surface area contributed by atoms with Gasteiger partial charge in [0.05, 0.1) is 13.2 Å². The molecule has 1 nitrogen and oxygen atoms in total. The summed E-state index contributed by atoms with van der Waals surface area (Å²) < 4.78 is 5.45. The van der Waals surface area contributed by atoms with Crippen LogP contribution in [0.3, 0.4) is 0 Å². The Bertz CT molecular complexity index is 327. The maximum Gasteiger partial charge on any atom is 0.0544 e. The van der Waals surface area contributed by atoms with Crippen LogP contribution in [0.5, 0.6) is 0 Å². The van der Waals surface area contributed by atoms with Gasteiger partial charge in [-0.2, -0.15) is 0 Å². The van der Waals surface area contributed by atoms with Crippen LogP contribution in [-0.4, -0.2) is 13.2 Å². The van der Waals surface area contributed by atoms with Gasteiger partial charge in [-0.3, -0.25) is 0 Å². The highest BCUT2D eigenvalue weighted by Crippen LogP contribution is 2.61. The topological polar surface area (TPSA) is 9.23 Å². The van der Waals surface area contributed by atoms with Crippen LogP contribution in [0.2, 0.25) is 0 Å². The Morgan fingerprint density at radius 2 is 1.38 bits per heavy atom. The molecule has 4 aliphatic carbocycles. The zero-order valence-electron chi connectivity index (χ0n) is 14.0. The van der Waals surface area contributed by atoms with Crippen LogP contribution in [0.1, 0.15) is 84.0 Å². The van der Waals surface area contributed by atoms with Crippen molar-refractivity contribution in [3.63, 3.8) is 0 Å². The number of hydrogen-bond acceptors (Lipinski definition) is 1. The summed E-state index contributed by atoms with van der Waals surface area (Å²) in [6, 6.07) is 0. The highest BCUT2D eigenvalue weighted by Gasteiger charge is 2.50. The third kappa shape index (κ3) is 2.80. The second-order valence-corrected chi connectivity index (χ2v) is 9.32. The van der Waals surface area contributed by atoms with E-state index in [1.165, 1.54) is 32.1 Å². The zero-order valence-corrected chi connectivity index (χ0v) is 14.0. The van der Waals surface area contributed by atoms with E-state index in [4.69, 9.17) is 4.74 Å². The predicted octanol–water partition coefficient (Wildman–Crippen LogP) is 5.58. The van der Waals surface area contributed by atoms with Crippen molar-refractivity contribution < 1.29 is 4.74 Å². The first-order valence-electron chi connectivity index (χ1n) is 9.79. The molecule has 0 spiro atoms. The molecular weight excluding hydrogens is 256 g/mol. The van der Waals surface area contributed by atoms with E-state index in [1.54, 1.807) is 44.9 Å². The van der Waals surface area contributed by atoms with Crippen LogP contribution < -0.4 is 0 Å². The summed E-state index contributed by atoms with van der Waals surface area (Å²) in [5.41, 5.74) is 1.40. The molecule has 0 amide bonds. The number of hydrogen-bond donors (Lipinski definition) is 0. The van der Waals surface area contributed by atoms with Crippen molar-refractivity contribution in [2.45, 2.75) is 84.0 Å². The molecule has 0 radical (unpaired) electrons. The summed E-state index contributed by atoms with van der Waals surface area (Å²) in [6.45, 7) is 4.43. The molecule has 5 rings (SSSR count). The Morgan fingerprint density at radius 3 is 1.86 bits per heavy atom. The van der Waals surface area contributed by atoms with Crippen molar-refractivity contribution in [2.75, 3.05) is 13.2 Å². The summed E-state index contributed by atoms with van der Waals surface area (Å²) in [7, 11) is 0. The molecule has 1 heteroatoms. The van der Waals surface area contributed by atoms with Crippen LogP contribution >= 0.6 is 0 Å². The smallest absolute Gasteiger partial charge is 0.0544 e. The number of rotatable bonds is 7. The third-order valence-corrected chi connectivity index (χ3v) is 7.65. The summed E-state index contributed by atoms with van der Waals surface area (Å²) in [4.78, 5) is 0. The average molecular weight is 290 g/mol. The van der Waals surface area contributed by atoms with Crippen LogP contribution in [0.4, 0.5) is 0 Å². The van der Waals surface area contributed by atoms with Gasteiger partial charge in [-0.1, -0.05) is 26.2 Å². The van der Waals surface area contributed by atoms with Crippen molar-refractivity contribution >= 4 is 0 Å². The SMILES string of the molecule is CCC1(CCCCCC23CC4CC(CC(C4)C2)C3)COC1. The molecule has 0 atom stereocenters. The molecule has 5 aliphatic rings. The molecule has 5 fully saturated rings. The largest absolute Gasteiger partial charge is 0.380 e. The third-order valence-electron chi connectivity index (χ3n) is 7.65. The van der Waals surface area contributed by atoms with E-state index >= 15 is 0 Å². The first kappa shape index (κ1) is 14.5. The lowest BCUT2D eigenvalue weighted by Crippen LogP contribution is -2.45. The normalized spacial score (nSPS) is 43.0. The molecule has 4 bridgehead atoms. The molecule has 21 heavy (non-hydrogen) atoms. The van der Waals surface area contributed by atoms with Crippen molar-refractivity contribution in [3.05, 3.63) is 0 Å². The first-order valence-corrected chi connectivity index (χ1v) is 9.79. The standard InChI is InChI=1S/C20H34O/c1-2-19(14-21-15-19)6-4-3-5-7-20-11-16-8-17(12-20)10-18(9-16)13-20/h16-18H,2-15H2,1H3. The molecular formula is C20H34O. The highest BCUT2D eigenvalue weighted by atomic mass is 16.5. The van der Waals surface area contributed by atoms with E-state index < -0.39 is 0 Å². The minimum absolute atomic E-state index is 0.584. The lowest BCUT2D eigenvalue weighted by Gasteiger charge is -2.57. The zero-order chi connectivity index (χ0) is 14.3. The fourth-order valence-electron chi connectivity index (χ4n) is 6.69. The molecule has 120 valence electrons. The fraction of sp³-hybridized carbons (Fsp3) is 1.00. The quantitative estimate of drug-likeness (QED) is 0.556. The maximum absolute atomic E-state index is 5.45. The molecule has 0 N–H and O–H groups in total. The van der Waals surface area contributed by atoms with Crippen LogP contribution in [0, 0.1) is 28.6 Å². The Hall–Kier alpha value is -0.0400. The van der Waals surface area contributed by atoms with Gasteiger partial charge in [0.1, 0.15) is 0 Å². The summed E-state index contributed by atoms with van der Waals surface area (Å²) in [5.74, 6) is 3.39. The van der Waals surface area contributed by atoms with E-state index in [9.17, 15) is 0 Å². The first-order chi connectivity index (χ1) is 10.2. The second-order valence-electron chi connectivity index (χ2n) is 9.32. The van der Waals surface area contributed by atoms with Crippen LogP contribution in [0.25, 0.3) is 0 Å². The van der Waals surface area contributed by atoms with Crippen molar-refractivity contribution in [2.24, 2.45) is 28.6 Å². The molecule has 4 saturated carbocycles. The average Bonchev–Trinajstić information content (AvgIpc) is 2.39. The maximum atomic E-state index is 5.45. The van der Waals surface area contributed by atoms with Gasteiger partial charge in [0.2, 0.25) is 0 Å². The minimum Gasteiger partial charge on any atom is -0.380 e. The van der Waals surface area contributed by atoms with E-state index in [1.807, 2.05) is 0 Å². The van der Waals surface area contributed by atoms with Gasteiger partial charge in [-0.25, -0.2) is 0 Å². The van der Waals surface area contributed by atoms with Gasteiger partial charge in [-0.15, -0.1) is 0 Å². The Kier molecular flexibility index (Phi) is 3.84. The lowest BCUT2D eigenvalue weighted by molar-refractivity contribution is -0.120. The van der Waals surface area contributed by atoms with Gasteiger partial charge in [0, 0.05) is 5.41 Å². The van der Waals surface area contributed by atoms with Gasteiger partial charge in [0.25, 0.3) is 0 Å². The van der Waals surface area contributed by atoms with Crippen LogP contribution in [-0.2, 0) is 4.74 Å². The van der Waals surface area contributed by atoms with E-state index in [-0.39, 0.29) is 0 Å². The Labute approximate surface area is 131 Å². The lowest BCUT2D eigenvalue weighted by atomic mass is 9.48. The monoisotopic (exact) mass is 290 g/mol. The molecule has 1 aliphatic heterocycles. The summed E-state index contributed by atoms with van der Waals surface area (Å²) in [6.07, 6.45) is 18.3. The summed E-state index contributed by atoms with van der Waals surface area (Å²) >= 11 is 0. The Balaban J connectivity index is 1.21. The van der Waals surface area contributed by atoms with E-state index in [0.29, 0.717) is 5.41 Å². The van der Waals surface area contributed by atoms with E-state index in [2.05, 4.69) is 6.92 Å². The van der Waals surface area contributed by atoms with Gasteiger partial charge in [-0.05, 0) is 81.0 Å². The van der Waals surface area contributed by atoms with Crippen LogP contribution in [0.15, 0.2) is 0 Å².